The number of rotatable bonds is 5. The molecule has 84 valence electrons. The van der Waals surface area contributed by atoms with Crippen molar-refractivity contribution in [2.75, 3.05) is 13.7 Å². The molecule has 1 aromatic carbocycles. The molecule has 0 aliphatic heterocycles. The number of halogens is 2. The lowest BCUT2D eigenvalue weighted by Crippen LogP contribution is -2.26. The van der Waals surface area contributed by atoms with Gasteiger partial charge in [0.2, 0.25) is 0 Å². The summed E-state index contributed by atoms with van der Waals surface area (Å²) in [6.07, 6.45) is 1.32. The van der Waals surface area contributed by atoms with Gasteiger partial charge in [0.15, 0.2) is 11.6 Å². The fraction of sp³-hybridized carbons (Fsp3) is 0.455. The van der Waals surface area contributed by atoms with Crippen molar-refractivity contribution >= 4 is 0 Å². The molecule has 0 heterocycles. The van der Waals surface area contributed by atoms with E-state index in [0.29, 0.717) is 19.4 Å². The van der Waals surface area contributed by atoms with Crippen LogP contribution in [0, 0.1) is 11.6 Å². The van der Waals surface area contributed by atoms with Crippen LogP contribution in [0.25, 0.3) is 0 Å². The van der Waals surface area contributed by atoms with Crippen LogP contribution in [0.2, 0.25) is 0 Å². The van der Waals surface area contributed by atoms with Crippen LogP contribution in [0.15, 0.2) is 18.2 Å². The van der Waals surface area contributed by atoms with Crippen molar-refractivity contribution in [3.05, 3.63) is 35.4 Å². The van der Waals surface area contributed by atoms with Crippen molar-refractivity contribution in [2.24, 2.45) is 5.73 Å². The third kappa shape index (κ3) is 3.93. The first-order valence-electron chi connectivity index (χ1n) is 4.82. The van der Waals surface area contributed by atoms with Crippen molar-refractivity contribution in [3.8, 4) is 0 Å². The van der Waals surface area contributed by atoms with E-state index in [0.717, 1.165) is 11.6 Å². The largest absolute Gasteiger partial charge is 0.383 e. The molecule has 0 radical (unpaired) electrons. The van der Waals surface area contributed by atoms with E-state index >= 15 is 0 Å². The Hall–Kier alpha value is -1.00. The Morgan fingerprint density at radius 3 is 2.67 bits per heavy atom. The predicted octanol–water partition coefficient (Wildman–Crippen LogP) is 1.87. The summed E-state index contributed by atoms with van der Waals surface area (Å²) in [5.41, 5.74) is 6.46. The first-order valence-corrected chi connectivity index (χ1v) is 4.82. The summed E-state index contributed by atoms with van der Waals surface area (Å²) in [5.74, 6) is -1.63. The SMILES string of the molecule is COCC(N)CCc1ccc(F)c(F)c1. The molecule has 1 aromatic rings. The molecular weight excluding hydrogens is 200 g/mol. The maximum Gasteiger partial charge on any atom is 0.159 e. The number of aryl methyl sites for hydroxylation is 1. The second-order valence-electron chi connectivity index (χ2n) is 3.50. The van der Waals surface area contributed by atoms with Gasteiger partial charge in [0.1, 0.15) is 0 Å². The molecule has 1 unspecified atom stereocenters. The van der Waals surface area contributed by atoms with Gasteiger partial charge in [-0.1, -0.05) is 6.07 Å². The molecule has 0 saturated carbocycles. The zero-order valence-corrected chi connectivity index (χ0v) is 8.67. The smallest absolute Gasteiger partial charge is 0.159 e. The molecule has 0 fully saturated rings. The number of hydrogen-bond donors (Lipinski definition) is 1. The Bertz CT molecular complexity index is 317. The highest BCUT2D eigenvalue weighted by atomic mass is 19.2. The number of methoxy groups -OCH3 is 1. The third-order valence-corrected chi connectivity index (χ3v) is 2.17. The van der Waals surface area contributed by atoms with Crippen molar-refractivity contribution in [1.29, 1.82) is 0 Å². The van der Waals surface area contributed by atoms with E-state index in [-0.39, 0.29) is 6.04 Å². The molecule has 0 aliphatic carbocycles. The summed E-state index contributed by atoms with van der Waals surface area (Å²) < 4.78 is 30.3. The van der Waals surface area contributed by atoms with Gasteiger partial charge in [-0.05, 0) is 30.5 Å². The summed E-state index contributed by atoms with van der Waals surface area (Å²) in [6.45, 7) is 0.476. The van der Waals surface area contributed by atoms with Gasteiger partial charge in [0.25, 0.3) is 0 Å². The third-order valence-electron chi connectivity index (χ3n) is 2.17. The maximum absolute atomic E-state index is 12.8. The minimum atomic E-state index is -0.820. The molecule has 0 aliphatic rings. The zero-order chi connectivity index (χ0) is 11.3. The van der Waals surface area contributed by atoms with E-state index < -0.39 is 11.6 Å². The molecule has 4 heteroatoms. The topological polar surface area (TPSA) is 35.2 Å². The van der Waals surface area contributed by atoms with Gasteiger partial charge in [-0.3, -0.25) is 0 Å². The van der Waals surface area contributed by atoms with Gasteiger partial charge in [-0.2, -0.15) is 0 Å². The molecule has 2 N–H and O–H groups in total. The van der Waals surface area contributed by atoms with Crippen LogP contribution in [-0.2, 0) is 11.2 Å². The minimum absolute atomic E-state index is 0.0666. The Kier molecular flexibility index (Phi) is 4.65. The van der Waals surface area contributed by atoms with E-state index in [1.165, 1.54) is 6.07 Å². The summed E-state index contributed by atoms with van der Waals surface area (Å²) in [6, 6.07) is 3.84. The maximum atomic E-state index is 12.8. The lowest BCUT2D eigenvalue weighted by atomic mass is 10.1. The fourth-order valence-electron chi connectivity index (χ4n) is 1.34. The standard InChI is InChI=1S/C11H15F2NO/c1-15-7-9(14)4-2-8-3-5-10(12)11(13)6-8/h3,5-6,9H,2,4,7,14H2,1H3. The van der Waals surface area contributed by atoms with Crippen LogP contribution in [-0.4, -0.2) is 19.8 Å². The van der Waals surface area contributed by atoms with E-state index in [1.807, 2.05) is 0 Å². The number of hydrogen-bond acceptors (Lipinski definition) is 2. The molecule has 0 aromatic heterocycles. The Morgan fingerprint density at radius 2 is 2.07 bits per heavy atom. The quantitative estimate of drug-likeness (QED) is 0.813. The monoisotopic (exact) mass is 215 g/mol. The fourth-order valence-corrected chi connectivity index (χ4v) is 1.34. The van der Waals surface area contributed by atoms with Gasteiger partial charge in [-0.15, -0.1) is 0 Å². The molecular formula is C11H15F2NO. The summed E-state index contributed by atoms with van der Waals surface area (Å²) >= 11 is 0. The van der Waals surface area contributed by atoms with Crippen LogP contribution in [0.5, 0.6) is 0 Å². The molecule has 15 heavy (non-hydrogen) atoms. The van der Waals surface area contributed by atoms with Gasteiger partial charge >= 0.3 is 0 Å². The van der Waals surface area contributed by atoms with E-state index in [4.69, 9.17) is 10.5 Å². The van der Waals surface area contributed by atoms with Crippen LogP contribution in [0.3, 0.4) is 0 Å². The second-order valence-corrected chi connectivity index (χ2v) is 3.50. The molecule has 0 saturated heterocycles. The van der Waals surface area contributed by atoms with Crippen molar-refractivity contribution in [3.63, 3.8) is 0 Å². The number of benzene rings is 1. The van der Waals surface area contributed by atoms with Gasteiger partial charge < -0.3 is 10.5 Å². The summed E-state index contributed by atoms with van der Waals surface area (Å²) in [4.78, 5) is 0. The van der Waals surface area contributed by atoms with Crippen molar-refractivity contribution < 1.29 is 13.5 Å². The first-order chi connectivity index (χ1) is 7.13. The van der Waals surface area contributed by atoms with Crippen molar-refractivity contribution in [2.45, 2.75) is 18.9 Å². The molecule has 1 rings (SSSR count). The van der Waals surface area contributed by atoms with E-state index in [2.05, 4.69) is 0 Å². The Labute approximate surface area is 88.0 Å². The highest BCUT2D eigenvalue weighted by molar-refractivity contribution is 5.17. The normalized spacial score (nSPS) is 12.8. The van der Waals surface area contributed by atoms with Crippen LogP contribution >= 0.6 is 0 Å². The Balaban J connectivity index is 2.47. The lowest BCUT2D eigenvalue weighted by Gasteiger charge is -2.09. The zero-order valence-electron chi connectivity index (χ0n) is 8.67. The molecule has 0 amide bonds. The average molecular weight is 215 g/mol. The molecule has 0 bridgehead atoms. The highest BCUT2D eigenvalue weighted by Crippen LogP contribution is 2.10. The number of nitrogens with two attached hydrogens (primary N) is 1. The molecule has 2 nitrogen and oxygen atoms in total. The van der Waals surface area contributed by atoms with Gasteiger partial charge in [0.05, 0.1) is 6.61 Å². The predicted molar refractivity (Wildman–Crippen MR) is 54.5 cm³/mol. The average Bonchev–Trinajstić information content (AvgIpc) is 2.20. The van der Waals surface area contributed by atoms with Crippen LogP contribution in [0.4, 0.5) is 8.78 Å². The van der Waals surface area contributed by atoms with Crippen molar-refractivity contribution in [1.82, 2.24) is 0 Å². The number of ether oxygens (including phenoxy) is 1. The van der Waals surface area contributed by atoms with E-state index in [9.17, 15) is 8.78 Å². The highest BCUT2D eigenvalue weighted by Gasteiger charge is 2.05. The summed E-state index contributed by atoms with van der Waals surface area (Å²) in [5, 5.41) is 0. The molecule has 1 atom stereocenters. The lowest BCUT2D eigenvalue weighted by molar-refractivity contribution is 0.177. The second kappa shape index (κ2) is 5.78. The van der Waals surface area contributed by atoms with Crippen LogP contribution < -0.4 is 5.73 Å². The van der Waals surface area contributed by atoms with E-state index in [1.54, 1.807) is 13.2 Å². The Morgan fingerprint density at radius 1 is 1.33 bits per heavy atom. The summed E-state index contributed by atoms with van der Waals surface area (Å²) in [7, 11) is 1.58. The first kappa shape index (κ1) is 12.1. The minimum Gasteiger partial charge on any atom is -0.383 e. The van der Waals surface area contributed by atoms with Gasteiger partial charge in [0, 0.05) is 13.2 Å². The van der Waals surface area contributed by atoms with Crippen LogP contribution in [0.1, 0.15) is 12.0 Å². The molecule has 0 spiro atoms. The van der Waals surface area contributed by atoms with Gasteiger partial charge in [-0.25, -0.2) is 8.78 Å².